The smallest absolute Gasteiger partial charge is 0.248 e. The molecule has 0 spiro atoms. The van der Waals surface area contributed by atoms with Gasteiger partial charge in [0.15, 0.2) is 0 Å². The third-order valence-electron chi connectivity index (χ3n) is 3.08. The molecule has 0 unspecified atom stereocenters. The van der Waals surface area contributed by atoms with E-state index in [1.165, 1.54) is 6.07 Å². The summed E-state index contributed by atoms with van der Waals surface area (Å²) in [4.78, 5) is 18.2. The summed E-state index contributed by atoms with van der Waals surface area (Å²) in [6.07, 6.45) is 1.55. The topological polar surface area (TPSA) is 98.5 Å². The Balaban J connectivity index is 1.95. The molecule has 0 bridgehead atoms. The van der Waals surface area contributed by atoms with Gasteiger partial charge >= 0.3 is 0 Å². The number of anilines is 3. The maximum absolute atomic E-state index is 11.4. The number of rotatable bonds is 4. The number of hydrogen-bond acceptors (Lipinski definition) is 5. The second-order valence-electron chi connectivity index (χ2n) is 4.64. The van der Waals surface area contributed by atoms with Crippen LogP contribution in [0.5, 0.6) is 0 Å². The van der Waals surface area contributed by atoms with Gasteiger partial charge in [-0.3, -0.25) is 4.79 Å². The van der Waals surface area contributed by atoms with Crippen molar-refractivity contribution < 1.29 is 0 Å². The van der Waals surface area contributed by atoms with E-state index in [1.807, 2.05) is 0 Å². The summed E-state index contributed by atoms with van der Waals surface area (Å²) in [5.74, 6) is 0.912. The van der Waals surface area contributed by atoms with Crippen LogP contribution >= 0.6 is 23.2 Å². The van der Waals surface area contributed by atoms with Crippen molar-refractivity contribution in [3.8, 4) is 11.1 Å². The zero-order chi connectivity index (χ0) is 16.4. The molecule has 7 nitrogen and oxygen atoms in total. The molecular formula is C14H12Cl2N6O. The van der Waals surface area contributed by atoms with Gasteiger partial charge in [0.05, 0.1) is 10.0 Å². The summed E-state index contributed by atoms with van der Waals surface area (Å²) in [6, 6.07) is 6.57. The molecule has 118 valence electrons. The third-order valence-corrected chi connectivity index (χ3v) is 3.67. The number of nitrogens with zero attached hydrogens (tertiary/aromatic N) is 2. The number of H-pyrrole nitrogens is 2. The van der Waals surface area contributed by atoms with Gasteiger partial charge in [-0.15, -0.1) is 5.10 Å². The second-order valence-corrected chi connectivity index (χ2v) is 5.45. The van der Waals surface area contributed by atoms with E-state index in [0.717, 1.165) is 0 Å². The van der Waals surface area contributed by atoms with E-state index < -0.39 is 0 Å². The molecule has 0 saturated heterocycles. The average molecular weight is 351 g/mol. The first-order chi connectivity index (χ1) is 11.1. The monoisotopic (exact) mass is 350 g/mol. The van der Waals surface area contributed by atoms with Crippen LogP contribution in [0.1, 0.15) is 0 Å². The number of halogens is 2. The maximum atomic E-state index is 11.4. The summed E-state index contributed by atoms with van der Waals surface area (Å²) in [7, 11) is 1.72. The molecule has 0 radical (unpaired) electrons. The Morgan fingerprint density at radius 2 is 1.91 bits per heavy atom. The maximum Gasteiger partial charge on any atom is 0.248 e. The summed E-state index contributed by atoms with van der Waals surface area (Å²) in [5, 5.41) is 13.3. The predicted molar refractivity (Wildman–Crippen MR) is 91.7 cm³/mol. The first-order valence-electron chi connectivity index (χ1n) is 6.62. The molecule has 0 fully saturated rings. The number of nitrogens with one attached hydrogen (secondary N) is 4. The number of aromatic nitrogens is 4. The predicted octanol–water partition coefficient (Wildman–Crippen LogP) is 3.25. The summed E-state index contributed by atoms with van der Waals surface area (Å²) in [6.45, 7) is 0. The van der Waals surface area contributed by atoms with E-state index in [9.17, 15) is 4.79 Å². The summed E-state index contributed by atoms with van der Waals surface area (Å²) < 4.78 is 0. The molecule has 0 aliphatic heterocycles. The highest BCUT2D eigenvalue weighted by atomic mass is 35.5. The van der Waals surface area contributed by atoms with Crippen LogP contribution in [0, 0.1) is 0 Å². The van der Waals surface area contributed by atoms with Crippen molar-refractivity contribution in [2.75, 3.05) is 17.7 Å². The van der Waals surface area contributed by atoms with E-state index in [1.54, 1.807) is 31.4 Å². The molecular weight excluding hydrogens is 339 g/mol. The summed E-state index contributed by atoms with van der Waals surface area (Å²) in [5.41, 5.74) is 1.66. The highest BCUT2D eigenvalue weighted by molar-refractivity contribution is 6.39. The number of benzene rings is 1. The van der Waals surface area contributed by atoms with Crippen molar-refractivity contribution in [3.63, 3.8) is 0 Å². The van der Waals surface area contributed by atoms with Crippen LogP contribution < -0.4 is 16.2 Å². The first kappa shape index (κ1) is 15.4. The Hall–Kier alpha value is -2.51. The molecule has 0 saturated carbocycles. The van der Waals surface area contributed by atoms with E-state index in [4.69, 9.17) is 23.2 Å². The number of aromatic amines is 2. The lowest BCUT2D eigenvalue weighted by molar-refractivity contribution is 1.09. The van der Waals surface area contributed by atoms with Gasteiger partial charge in [0.2, 0.25) is 17.5 Å². The Kier molecular flexibility index (Phi) is 4.22. The highest BCUT2D eigenvalue weighted by Gasteiger charge is 2.12. The Labute approximate surface area is 141 Å². The standard InChI is InChI=1S/C14H12Cl2N6O/c1-17-13-20-14(22-21-13)19-8-5-9(15)12(10(16)6-8)7-2-3-18-11(23)4-7/h2-6H,1H3,(H,18,23)(H3,17,19,20,21,22). The minimum atomic E-state index is -0.224. The van der Waals surface area contributed by atoms with E-state index in [-0.39, 0.29) is 5.56 Å². The van der Waals surface area contributed by atoms with E-state index in [0.29, 0.717) is 38.8 Å². The lowest BCUT2D eigenvalue weighted by Crippen LogP contribution is -2.02. The Bertz CT molecular complexity index is 881. The van der Waals surface area contributed by atoms with Crippen molar-refractivity contribution in [3.05, 3.63) is 50.9 Å². The van der Waals surface area contributed by atoms with E-state index >= 15 is 0 Å². The van der Waals surface area contributed by atoms with Gasteiger partial charge in [0.25, 0.3) is 0 Å². The van der Waals surface area contributed by atoms with Gasteiger partial charge < -0.3 is 15.6 Å². The minimum absolute atomic E-state index is 0.224. The fourth-order valence-electron chi connectivity index (χ4n) is 2.09. The summed E-state index contributed by atoms with van der Waals surface area (Å²) >= 11 is 12.6. The van der Waals surface area contributed by atoms with Crippen LogP contribution in [-0.2, 0) is 0 Å². The van der Waals surface area contributed by atoms with Gasteiger partial charge in [-0.25, -0.2) is 5.10 Å². The Morgan fingerprint density at radius 3 is 2.52 bits per heavy atom. The fourth-order valence-corrected chi connectivity index (χ4v) is 2.79. The highest BCUT2D eigenvalue weighted by Crippen LogP contribution is 2.37. The van der Waals surface area contributed by atoms with E-state index in [2.05, 4.69) is 30.8 Å². The van der Waals surface area contributed by atoms with Gasteiger partial charge in [0, 0.05) is 30.6 Å². The Morgan fingerprint density at radius 1 is 1.17 bits per heavy atom. The molecule has 0 aliphatic carbocycles. The quantitative estimate of drug-likeness (QED) is 0.578. The second kappa shape index (κ2) is 6.31. The lowest BCUT2D eigenvalue weighted by atomic mass is 10.1. The molecule has 4 N–H and O–H groups in total. The zero-order valence-electron chi connectivity index (χ0n) is 11.9. The molecule has 2 heterocycles. The third kappa shape index (κ3) is 3.30. The van der Waals surface area contributed by atoms with Crippen molar-refractivity contribution in [2.24, 2.45) is 0 Å². The van der Waals surface area contributed by atoms with Gasteiger partial charge in [-0.2, -0.15) is 4.98 Å². The van der Waals surface area contributed by atoms with Crippen LogP contribution in [0.15, 0.2) is 35.3 Å². The number of hydrogen-bond donors (Lipinski definition) is 4. The van der Waals surface area contributed by atoms with Crippen molar-refractivity contribution >= 4 is 40.8 Å². The van der Waals surface area contributed by atoms with Crippen LogP contribution in [0.3, 0.4) is 0 Å². The minimum Gasteiger partial charge on any atom is -0.356 e. The molecule has 1 aromatic carbocycles. The van der Waals surface area contributed by atoms with Crippen molar-refractivity contribution in [1.82, 2.24) is 20.2 Å². The molecule has 9 heteroatoms. The van der Waals surface area contributed by atoms with Gasteiger partial charge in [0.1, 0.15) is 0 Å². The molecule has 2 aromatic heterocycles. The van der Waals surface area contributed by atoms with Crippen LogP contribution in [0.25, 0.3) is 11.1 Å². The average Bonchev–Trinajstić information content (AvgIpc) is 2.94. The molecule has 0 atom stereocenters. The SMILES string of the molecule is CNc1n[nH]c(Nc2cc(Cl)c(-c3cc[nH]c(=O)c3)c(Cl)c2)n1. The van der Waals surface area contributed by atoms with Crippen LogP contribution in [0.2, 0.25) is 10.0 Å². The molecule has 0 aliphatic rings. The largest absolute Gasteiger partial charge is 0.356 e. The lowest BCUT2D eigenvalue weighted by Gasteiger charge is -2.10. The zero-order valence-corrected chi connectivity index (χ0v) is 13.5. The van der Waals surface area contributed by atoms with Crippen LogP contribution in [0.4, 0.5) is 17.6 Å². The van der Waals surface area contributed by atoms with Gasteiger partial charge in [-0.05, 0) is 23.8 Å². The molecule has 0 amide bonds. The fraction of sp³-hybridized carbons (Fsp3) is 0.0714. The normalized spacial score (nSPS) is 10.6. The number of pyridine rings is 1. The van der Waals surface area contributed by atoms with Crippen molar-refractivity contribution in [2.45, 2.75) is 0 Å². The van der Waals surface area contributed by atoms with Gasteiger partial charge in [-0.1, -0.05) is 23.2 Å². The molecule has 3 rings (SSSR count). The van der Waals surface area contributed by atoms with Crippen molar-refractivity contribution in [1.29, 1.82) is 0 Å². The van der Waals surface area contributed by atoms with Crippen LogP contribution in [-0.4, -0.2) is 27.2 Å². The molecule has 3 aromatic rings. The first-order valence-corrected chi connectivity index (χ1v) is 7.38. The molecule has 23 heavy (non-hydrogen) atoms.